The van der Waals surface area contributed by atoms with Crippen LogP contribution in [0.25, 0.3) is 10.9 Å². The van der Waals surface area contributed by atoms with Gasteiger partial charge in [-0.15, -0.1) is 0 Å². The van der Waals surface area contributed by atoms with Gasteiger partial charge in [-0.2, -0.15) is 4.31 Å². The molecular formula is C22H26FN6NaO5S. The maximum atomic E-state index is 13.7. The van der Waals surface area contributed by atoms with Crippen LogP contribution >= 0.6 is 11.0 Å². The van der Waals surface area contributed by atoms with Gasteiger partial charge in [0.05, 0.1) is 0 Å². The predicted octanol–water partition coefficient (Wildman–Crippen LogP) is 1.84. The SMILES string of the molecule is CNC(=O)c1cc(F)ccc1CNC(=O)c1nc(N2CCCN(C)S2(O)O)c2cccnc2c1O.[NaH]. The molecule has 3 heterocycles. The van der Waals surface area contributed by atoms with Gasteiger partial charge in [-0.05, 0) is 47.2 Å². The van der Waals surface area contributed by atoms with Gasteiger partial charge in [-0.25, -0.2) is 13.7 Å². The van der Waals surface area contributed by atoms with E-state index in [4.69, 9.17) is 0 Å². The molecule has 2 aromatic heterocycles. The molecule has 3 aromatic rings. The van der Waals surface area contributed by atoms with E-state index in [1.54, 1.807) is 19.2 Å². The van der Waals surface area contributed by atoms with E-state index in [-0.39, 0.29) is 65.2 Å². The fourth-order valence-electron chi connectivity index (χ4n) is 3.83. The van der Waals surface area contributed by atoms with Crippen LogP contribution < -0.4 is 14.9 Å². The molecule has 4 rings (SSSR count). The number of hydrogen-bond acceptors (Lipinski definition) is 9. The Morgan fingerprint density at radius 1 is 1.19 bits per heavy atom. The van der Waals surface area contributed by atoms with Gasteiger partial charge in [-0.3, -0.25) is 23.7 Å². The number of carbonyl (C=O) groups excluding carboxylic acids is 2. The van der Waals surface area contributed by atoms with Crippen molar-refractivity contribution in [1.29, 1.82) is 0 Å². The summed E-state index contributed by atoms with van der Waals surface area (Å²) in [6, 6.07) is 6.83. The molecule has 36 heavy (non-hydrogen) atoms. The molecule has 1 aliphatic heterocycles. The summed E-state index contributed by atoms with van der Waals surface area (Å²) in [4.78, 5) is 33.7. The fraction of sp³-hybridized carbons (Fsp3) is 0.273. The van der Waals surface area contributed by atoms with E-state index >= 15 is 0 Å². The van der Waals surface area contributed by atoms with E-state index in [0.717, 1.165) is 6.07 Å². The average molecular weight is 529 g/mol. The molecular weight excluding hydrogens is 502 g/mol. The molecule has 1 saturated heterocycles. The molecule has 14 heteroatoms. The van der Waals surface area contributed by atoms with Crippen molar-refractivity contribution in [3.8, 4) is 5.75 Å². The standard InChI is InChI=1S/C22H25FN6O5S.Na.H/c1-24-21(31)16-11-14(23)7-6-13(16)12-26-22(32)18-19(30)17-15(5-3-8-25-17)20(27-18)29-10-4-9-28(2)35(29,33)34;;/h3,5-8,11,30,33-34H,4,9-10,12H2,1-2H3,(H,24,31)(H,26,32);;. The van der Waals surface area contributed by atoms with Gasteiger partial charge < -0.3 is 15.7 Å². The van der Waals surface area contributed by atoms with E-state index in [0.29, 0.717) is 23.9 Å². The Morgan fingerprint density at radius 3 is 2.67 bits per heavy atom. The Kier molecular flexibility index (Phi) is 8.77. The van der Waals surface area contributed by atoms with Gasteiger partial charge in [0.15, 0.2) is 17.3 Å². The number of anilines is 1. The third kappa shape index (κ3) is 5.27. The second-order valence-electron chi connectivity index (χ2n) is 7.89. The van der Waals surface area contributed by atoms with Crippen molar-refractivity contribution in [3.63, 3.8) is 0 Å². The number of nitrogens with zero attached hydrogens (tertiary/aromatic N) is 4. The molecule has 0 spiro atoms. The number of benzene rings is 1. The van der Waals surface area contributed by atoms with E-state index < -0.39 is 34.3 Å². The summed E-state index contributed by atoms with van der Waals surface area (Å²) in [5.41, 5.74) is 0.0952. The van der Waals surface area contributed by atoms with Crippen LogP contribution in [0.1, 0.15) is 32.8 Å². The maximum absolute atomic E-state index is 13.7. The van der Waals surface area contributed by atoms with Gasteiger partial charge in [0.1, 0.15) is 11.3 Å². The van der Waals surface area contributed by atoms with Crippen LogP contribution in [-0.2, 0) is 6.54 Å². The molecule has 0 atom stereocenters. The predicted molar refractivity (Wildman–Crippen MR) is 137 cm³/mol. The molecule has 1 aliphatic rings. The summed E-state index contributed by atoms with van der Waals surface area (Å²) >= 11 is 0. The zero-order valence-electron chi connectivity index (χ0n) is 19.0. The summed E-state index contributed by atoms with van der Waals surface area (Å²) in [6.45, 7) is 0.576. The first-order valence-corrected chi connectivity index (χ1v) is 12.1. The third-order valence-corrected chi connectivity index (χ3v) is 7.66. The number of carbonyl (C=O) groups is 2. The van der Waals surface area contributed by atoms with Crippen molar-refractivity contribution in [3.05, 3.63) is 59.2 Å². The number of hydrogen-bond donors (Lipinski definition) is 5. The van der Waals surface area contributed by atoms with E-state index in [1.165, 1.54) is 34.0 Å². The van der Waals surface area contributed by atoms with Crippen molar-refractivity contribution in [2.45, 2.75) is 13.0 Å². The molecule has 0 aliphatic carbocycles. The van der Waals surface area contributed by atoms with Gasteiger partial charge >= 0.3 is 29.6 Å². The number of rotatable bonds is 5. The van der Waals surface area contributed by atoms with Crippen LogP contribution in [0.4, 0.5) is 10.2 Å². The number of aromatic hydroxyl groups is 1. The van der Waals surface area contributed by atoms with Crippen LogP contribution in [0.3, 0.4) is 0 Å². The summed E-state index contributed by atoms with van der Waals surface area (Å²) in [5.74, 6) is -2.30. The average Bonchev–Trinajstić information content (AvgIpc) is 2.85. The Labute approximate surface area is 230 Å². The topological polar surface area (TPSA) is 151 Å². The molecule has 11 nitrogen and oxygen atoms in total. The van der Waals surface area contributed by atoms with Crippen molar-refractivity contribution in [2.24, 2.45) is 0 Å². The molecule has 0 radical (unpaired) electrons. The molecule has 188 valence electrons. The van der Waals surface area contributed by atoms with Crippen LogP contribution in [0, 0.1) is 5.82 Å². The van der Waals surface area contributed by atoms with Gasteiger partial charge in [0.2, 0.25) is 0 Å². The molecule has 1 aromatic carbocycles. The van der Waals surface area contributed by atoms with Crippen LogP contribution in [0.15, 0.2) is 36.5 Å². The third-order valence-electron chi connectivity index (χ3n) is 5.70. The molecule has 0 saturated carbocycles. The minimum absolute atomic E-state index is 0. The molecule has 1 fully saturated rings. The molecule has 5 N–H and O–H groups in total. The Hall–Kier alpha value is -2.52. The monoisotopic (exact) mass is 528 g/mol. The number of halogens is 1. The summed E-state index contributed by atoms with van der Waals surface area (Å²) in [6.07, 6.45) is 2.05. The number of pyridine rings is 2. The number of nitrogens with one attached hydrogen (secondary N) is 2. The van der Waals surface area contributed by atoms with E-state index in [9.17, 15) is 28.2 Å². The van der Waals surface area contributed by atoms with Gasteiger partial charge in [0, 0.05) is 50.9 Å². The first kappa shape index (κ1) is 28.1. The fourth-order valence-corrected chi connectivity index (χ4v) is 5.29. The van der Waals surface area contributed by atoms with Crippen molar-refractivity contribution < 1.29 is 28.2 Å². The molecule has 0 unspecified atom stereocenters. The summed E-state index contributed by atoms with van der Waals surface area (Å²) < 4.78 is 38.0. The van der Waals surface area contributed by atoms with Gasteiger partial charge in [-0.1, -0.05) is 6.07 Å². The molecule has 0 bridgehead atoms. The summed E-state index contributed by atoms with van der Waals surface area (Å²) in [5, 5.41) is 16.1. The summed E-state index contributed by atoms with van der Waals surface area (Å²) in [7, 11) is -0.418. The Morgan fingerprint density at radius 2 is 1.94 bits per heavy atom. The number of aromatic nitrogens is 2. The molecule has 2 amide bonds. The Bertz CT molecular complexity index is 1310. The van der Waals surface area contributed by atoms with E-state index in [2.05, 4.69) is 20.6 Å². The number of amides is 2. The van der Waals surface area contributed by atoms with Crippen LogP contribution in [0.5, 0.6) is 5.75 Å². The normalized spacial score (nSPS) is 16.2. The zero-order valence-corrected chi connectivity index (χ0v) is 19.8. The van der Waals surface area contributed by atoms with Gasteiger partial charge in [0.25, 0.3) is 11.8 Å². The number of fused-ring (bicyclic) bond motifs is 1. The Balaban J connectivity index is 0.00000361. The first-order valence-electron chi connectivity index (χ1n) is 10.7. The first-order chi connectivity index (χ1) is 16.6. The van der Waals surface area contributed by atoms with Crippen molar-refractivity contribution in [1.82, 2.24) is 24.9 Å². The van der Waals surface area contributed by atoms with Crippen molar-refractivity contribution in [2.75, 3.05) is 31.5 Å². The van der Waals surface area contributed by atoms with Crippen LogP contribution in [-0.4, -0.2) is 97.0 Å². The minimum atomic E-state index is -3.40. The second-order valence-corrected chi connectivity index (χ2v) is 9.94. The van der Waals surface area contributed by atoms with Crippen molar-refractivity contribution >= 4 is 69.1 Å². The quantitative estimate of drug-likeness (QED) is 0.313. The van der Waals surface area contributed by atoms with E-state index in [1.807, 2.05) is 0 Å². The second kappa shape index (κ2) is 11.3. The van der Waals surface area contributed by atoms with Crippen LogP contribution in [0.2, 0.25) is 0 Å². The zero-order chi connectivity index (χ0) is 25.3.